The third-order valence-corrected chi connectivity index (χ3v) is 4.99. The Balaban J connectivity index is 1.50. The first-order chi connectivity index (χ1) is 11.6. The fraction of sp³-hybridized carbons (Fsp3) is 0.333. The van der Waals surface area contributed by atoms with Gasteiger partial charge in [-0.05, 0) is 56.1 Å². The number of thiophene rings is 1. The van der Waals surface area contributed by atoms with Gasteiger partial charge in [0.05, 0.1) is 4.88 Å². The summed E-state index contributed by atoms with van der Waals surface area (Å²) in [5, 5.41) is 6.02. The van der Waals surface area contributed by atoms with Crippen LogP contribution < -0.4 is 0 Å². The molecule has 0 aliphatic heterocycles. The Morgan fingerprint density at radius 2 is 2.04 bits per heavy atom. The molecule has 1 unspecified atom stereocenters. The Labute approximate surface area is 144 Å². The van der Waals surface area contributed by atoms with E-state index in [0.717, 1.165) is 29.8 Å². The Bertz CT molecular complexity index is 755. The van der Waals surface area contributed by atoms with E-state index in [4.69, 9.17) is 4.52 Å². The number of benzene rings is 1. The fourth-order valence-corrected chi connectivity index (χ4v) is 3.18. The summed E-state index contributed by atoms with van der Waals surface area (Å²) in [7, 11) is 2.07. The van der Waals surface area contributed by atoms with Crippen LogP contribution in [0.2, 0.25) is 0 Å². The van der Waals surface area contributed by atoms with Gasteiger partial charge in [-0.2, -0.15) is 4.98 Å². The Morgan fingerprint density at radius 3 is 2.75 bits per heavy atom. The van der Waals surface area contributed by atoms with E-state index >= 15 is 0 Å². The van der Waals surface area contributed by atoms with Gasteiger partial charge in [-0.1, -0.05) is 23.4 Å². The molecular weight excluding hydrogens is 325 g/mol. The molecule has 0 N–H and O–H groups in total. The van der Waals surface area contributed by atoms with Crippen molar-refractivity contribution in [3.05, 3.63) is 59.0 Å². The Morgan fingerprint density at radius 1 is 1.25 bits per heavy atom. The average molecular weight is 345 g/mol. The molecule has 4 nitrogen and oxygen atoms in total. The molecule has 2 aromatic heterocycles. The summed E-state index contributed by atoms with van der Waals surface area (Å²) >= 11 is 1.60. The monoisotopic (exact) mass is 345 g/mol. The number of hydrogen-bond donors (Lipinski definition) is 0. The first kappa shape index (κ1) is 16.8. The molecule has 0 saturated carbocycles. The molecular formula is C18H20FN3OS. The van der Waals surface area contributed by atoms with Gasteiger partial charge < -0.3 is 4.52 Å². The van der Waals surface area contributed by atoms with E-state index in [-0.39, 0.29) is 11.9 Å². The maximum Gasteiger partial charge on any atom is 0.227 e. The maximum absolute atomic E-state index is 13.0. The highest BCUT2D eigenvalue weighted by Gasteiger charge is 2.13. The second kappa shape index (κ2) is 7.68. The topological polar surface area (TPSA) is 42.2 Å². The smallest absolute Gasteiger partial charge is 0.227 e. The molecule has 0 radical (unpaired) electrons. The Kier molecular flexibility index (Phi) is 5.37. The maximum atomic E-state index is 13.0. The molecule has 3 aromatic rings. The van der Waals surface area contributed by atoms with Crippen LogP contribution in [0.1, 0.15) is 30.8 Å². The van der Waals surface area contributed by atoms with Gasteiger partial charge in [0.25, 0.3) is 0 Å². The zero-order valence-corrected chi connectivity index (χ0v) is 14.6. The van der Waals surface area contributed by atoms with Crippen molar-refractivity contribution in [1.82, 2.24) is 15.0 Å². The molecule has 0 spiro atoms. The first-order valence-corrected chi connectivity index (χ1v) is 8.83. The van der Waals surface area contributed by atoms with E-state index in [9.17, 15) is 4.39 Å². The van der Waals surface area contributed by atoms with Crippen LogP contribution in [-0.2, 0) is 6.42 Å². The van der Waals surface area contributed by atoms with Crippen LogP contribution in [0.15, 0.2) is 46.3 Å². The standard InChI is InChI=1S/C18H20FN3OS/c1-13(14-7-9-15(19)10-8-14)22(2)11-3-6-17-20-18(21-23-17)16-5-4-12-24-16/h4-5,7-10,12-13H,3,6,11H2,1-2H3. The molecule has 1 aromatic carbocycles. The average Bonchev–Trinajstić information content (AvgIpc) is 3.26. The molecule has 0 aliphatic carbocycles. The molecule has 0 saturated heterocycles. The number of aryl methyl sites for hydroxylation is 1. The van der Waals surface area contributed by atoms with E-state index in [1.54, 1.807) is 11.3 Å². The van der Waals surface area contributed by atoms with Crippen molar-refractivity contribution < 1.29 is 8.91 Å². The summed E-state index contributed by atoms with van der Waals surface area (Å²) in [5.41, 5.74) is 1.11. The van der Waals surface area contributed by atoms with Crippen molar-refractivity contribution in [2.45, 2.75) is 25.8 Å². The van der Waals surface area contributed by atoms with Gasteiger partial charge in [0.1, 0.15) is 5.82 Å². The minimum Gasteiger partial charge on any atom is -0.339 e. The molecule has 3 rings (SSSR count). The van der Waals surface area contributed by atoms with Crippen LogP contribution in [0.3, 0.4) is 0 Å². The number of halogens is 1. The van der Waals surface area contributed by atoms with Gasteiger partial charge in [-0.25, -0.2) is 4.39 Å². The number of nitrogens with zero attached hydrogens (tertiary/aromatic N) is 3. The summed E-state index contributed by atoms with van der Waals surface area (Å²) in [6.45, 7) is 3.02. The highest BCUT2D eigenvalue weighted by atomic mass is 32.1. The van der Waals surface area contributed by atoms with E-state index in [2.05, 4.69) is 29.0 Å². The summed E-state index contributed by atoms with van der Waals surface area (Å²) in [5.74, 6) is 1.13. The predicted octanol–water partition coefficient (Wildman–Crippen LogP) is 4.56. The predicted molar refractivity (Wildman–Crippen MR) is 93.4 cm³/mol. The van der Waals surface area contributed by atoms with Gasteiger partial charge in [0.15, 0.2) is 0 Å². The first-order valence-electron chi connectivity index (χ1n) is 7.95. The molecule has 0 fully saturated rings. The minimum absolute atomic E-state index is 0.202. The van der Waals surface area contributed by atoms with Crippen LogP contribution in [-0.4, -0.2) is 28.6 Å². The van der Waals surface area contributed by atoms with Crippen LogP contribution in [0, 0.1) is 5.82 Å². The van der Waals surface area contributed by atoms with Crippen LogP contribution in [0.5, 0.6) is 0 Å². The van der Waals surface area contributed by atoms with E-state index in [1.807, 2.05) is 29.6 Å². The van der Waals surface area contributed by atoms with Gasteiger partial charge >= 0.3 is 0 Å². The van der Waals surface area contributed by atoms with Crippen molar-refractivity contribution in [2.24, 2.45) is 0 Å². The highest BCUT2D eigenvalue weighted by molar-refractivity contribution is 7.13. The lowest BCUT2D eigenvalue weighted by molar-refractivity contribution is 0.253. The van der Waals surface area contributed by atoms with Gasteiger partial charge in [-0.15, -0.1) is 11.3 Å². The fourth-order valence-electron chi connectivity index (χ4n) is 2.53. The third-order valence-electron chi connectivity index (χ3n) is 4.12. The number of hydrogen-bond acceptors (Lipinski definition) is 5. The van der Waals surface area contributed by atoms with Crippen molar-refractivity contribution in [2.75, 3.05) is 13.6 Å². The molecule has 0 bridgehead atoms. The van der Waals surface area contributed by atoms with Crippen LogP contribution >= 0.6 is 11.3 Å². The molecule has 6 heteroatoms. The summed E-state index contributed by atoms with van der Waals surface area (Å²) in [6, 6.07) is 10.9. The summed E-state index contributed by atoms with van der Waals surface area (Å²) in [6.07, 6.45) is 1.67. The molecule has 0 amide bonds. The van der Waals surface area contributed by atoms with Crippen molar-refractivity contribution in [3.63, 3.8) is 0 Å². The summed E-state index contributed by atoms with van der Waals surface area (Å²) < 4.78 is 18.3. The lowest BCUT2D eigenvalue weighted by Crippen LogP contribution is -2.24. The van der Waals surface area contributed by atoms with E-state index < -0.39 is 0 Å². The van der Waals surface area contributed by atoms with Gasteiger partial charge in [0.2, 0.25) is 11.7 Å². The van der Waals surface area contributed by atoms with Gasteiger partial charge in [0, 0.05) is 12.5 Å². The molecule has 2 heterocycles. The number of aromatic nitrogens is 2. The highest BCUT2D eigenvalue weighted by Crippen LogP contribution is 2.22. The summed E-state index contributed by atoms with van der Waals surface area (Å²) in [4.78, 5) is 7.70. The zero-order valence-electron chi connectivity index (χ0n) is 13.8. The van der Waals surface area contributed by atoms with Crippen molar-refractivity contribution >= 4 is 11.3 Å². The number of rotatable bonds is 7. The van der Waals surface area contributed by atoms with Crippen molar-refractivity contribution in [1.29, 1.82) is 0 Å². The van der Waals surface area contributed by atoms with Crippen LogP contribution in [0.4, 0.5) is 4.39 Å². The third kappa shape index (κ3) is 4.07. The second-order valence-electron chi connectivity index (χ2n) is 5.80. The molecule has 0 aliphatic rings. The van der Waals surface area contributed by atoms with Crippen LogP contribution in [0.25, 0.3) is 10.7 Å². The normalized spacial score (nSPS) is 12.7. The zero-order chi connectivity index (χ0) is 16.9. The lowest BCUT2D eigenvalue weighted by atomic mass is 10.1. The quantitative estimate of drug-likeness (QED) is 0.629. The van der Waals surface area contributed by atoms with Crippen molar-refractivity contribution in [3.8, 4) is 10.7 Å². The molecule has 126 valence electrons. The van der Waals surface area contributed by atoms with E-state index in [0.29, 0.717) is 11.7 Å². The second-order valence-corrected chi connectivity index (χ2v) is 6.75. The molecule has 24 heavy (non-hydrogen) atoms. The molecule has 1 atom stereocenters. The SMILES string of the molecule is CC(c1ccc(F)cc1)N(C)CCCc1nc(-c2cccs2)no1. The minimum atomic E-state index is -0.202. The van der Waals surface area contributed by atoms with Gasteiger partial charge in [-0.3, -0.25) is 4.90 Å². The lowest BCUT2D eigenvalue weighted by Gasteiger charge is -2.24. The Hall–Kier alpha value is -2.05. The largest absolute Gasteiger partial charge is 0.339 e. The van der Waals surface area contributed by atoms with E-state index in [1.165, 1.54) is 12.1 Å².